The second kappa shape index (κ2) is 9.46. The van der Waals surface area contributed by atoms with Gasteiger partial charge in [-0.05, 0) is 71.3 Å². The summed E-state index contributed by atoms with van der Waals surface area (Å²) in [6.45, 7) is 0. The van der Waals surface area contributed by atoms with E-state index in [0.717, 1.165) is 12.1 Å². The number of phenols is 7. The molecule has 0 spiro atoms. The van der Waals surface area contributed by atoms with E-state index in [1.807, 2.05) is 0 Å². The molecule has 2 atom stereocenters. The Morgan fingerprint density at radius 1 is 0.564 bits per heavy atom. The molecule has 0 amide bonds. The average molecular weight is 526 g/mol. The summed E-state index contributed by atoms with van der Waals surface area (Å²) in [6.07, 6.45) is 1.36. The summed E-state index contributed by atoms with van der Waals surface area (Å²) >= 11 is 0. The van der Waals surface area contributed by atoms with Crippen molar-refractivity contribution in [1.82, 2.24) is 0 Å². The molecular formula is C30H22O9. The molecule has 0 saturated carbocycles. The zero-order chi connectivity index (χ0) is 28.0. The maximum absolute atomic E-state index is 14.1. The first kappa shape index (κ1) is 25.2. The van der Waals surface area contributed by atoms with Crippen molar-refractivity contribution in [2.45, 2.75) is 5.92 Å². The van der Waals surface area contributed by atoms with Gasteiger partial charge in [0.25, 0.3) is 0 Å². The van der Waals surface area contributed by atoms with Crippen LogP contribution in [0.25, 0.3) is 6.08 Å². The van der Waals surface area contributed by atoms with E-state index in [9.17, 15) is 45.3 Å². The van der Waals surface area contributed by atoms with Crippen LogP contribution in [0.5, 0.6) is 40.2 Å². The Balaban J connectivity index is 1.80. The van der Waals surface area contributed by atoms with E-state index < -0.39 is 46.4 Å². The van der Waals surface area contributed by atoms with Crippen LogP contribution in [0.3, 0.4) is 0 Å². The normalized spacial score (nSPS) is 16.3. The lowest BCUT2D eigenvalue weighted by Gasteiger charge is -2.34. The molecule has 0 saturated heterocycles. The van der Waals surface area contributed by atoms with Gasteiger partial charge in [0, 0.05) is 23.6 Å². The van der Waals surface area contributed by atoms with E-state index in [2.05, 4.69) is 0 Å². The Labute approximate surface area is 221 Å². The van der Waals surface area contributed by atoms with Gasteiger partial charge in [-0.1, -0.05) is 12.1 Å². The highest BCUT2D eigenvalue weighted by Crippen LogP contribution is 2.49. The standard InChI is InChI=1S/C30H22O9/c31-16-3-1-14(2-4-16)27-21-13-26(37)25(36)10-15(21)9-22(29(38)19-7-5-17(32)11-23(19)34)28(27)30(39)20-8-6-18(33)12-24(20)35/h1-13,27-28,31-37H/t27-,28+/m0/s1. The second-order valence-corrected chi connectivity index (χ2v) is 9.21. The lowest BCUT2D eigenvalue weighted by atomic mass is 9.67. The molecule has 1 aliphatic rings. The highest BCUT2D eigenvalue weighted by atomic mass is 16.3. The molecule has 5 rings (SSSR count). The Bertz CT molecular complexity index is 1670. The van der Waals surface area contributed by atoms with Gasteiger partial charge in [0.2, 0.25) is 0 Å². The summed E-state index contributed by atoms with van der Waals surface area (Å²) in [4.78, 5) is 28.0. The SMILES string of the molecule is O=C(C1=Cc2cc(O)c(O)cc2[C@H](c2ccc(O)cc2)[C@@H]1C(=O)c1ccc(O)cc1O)c1ccc(O)cc1O. The predicted molar refractivity (Wildman–Crippen MR) is 139 cm³/mol. The third-order valence-corrected chi connectivity index (χ3v) is 6.76. The fourth-order valence-corrected chi connectivity index (χ4v) is 4.94. The Hall–Kier alpha value is -5.44. The number of rotatable bonds is 5. The summed E-state index contributed by atoms with van der Waals surface area (Å²) in [7, 11) is 0. The van der Waals surface area contributed by atoms with Gasteiger partial charge in [-0.3, -0.25) is 9.59 Å². The number of phenolic OH excluding ortho intramolecular Hbond substituents is 7. The summed E-state index contributed by atoms with van der Waals surface area (Å²) in [5.41, 5.74) is 0.639. The topological polar surface area (TPSA) is 176 Å². The maximum Gasteiger partial charge on any atom is 0.193 e. The average Bonchev–Trinajstić information content (AvgIpc) is 2.88. The summed E-state index contributed by atoms with van der Waals surface area (Å²) in [6, 6.07) is 15.2. The maximum atomic E-state index is 14.1. The predicted octanol–water partition coefficient (Wildman–Crippen LogP) is 4.54. The molecule has 1 aliphatic carbocycles. The lowest BCUT2D eigenvalue weighted by molar-refractivity contribution is 0.0893. The first-order valence-electron chi connectivity index (χ1n) is 11.7. The zero-order valence-electron chi connectivity index (χ0n) is 20.1. The minimum absolute atomic E-state index is 0.0525. The van der Waals surface area contributed by atoms with Gasteiger partial charge in [-0.15, -0.1) is 0 Å². The molecule has 39 heavy (non-hydrogen) atoms. The molecule has 4 aromatic carbocycles. The molecule has 7 N–H and O–H groups in total. The largest absolute Gasteiger partial charge is 0.508 e. The molecule has 9 heteroatoms. The van der Waals surface area contributed by atoms with E-state index in [1.165, 1.54) is 66.7 Å². The van der Waals surface area contributed by atoms with Gasteiger partial charge in [0.1, 0.15) is 28.7 Å². The molecule has 0 aromatic heterocycles. The van der Waals surface area contributed by atoms with Crippen LogP contribution in [0.1, 0.15) is 43.3 Å². The van der Waals surface area contributed by atoms with Crippen LogP contribution in [0.2, 0.25) is 0 Å². The number of fused-ring (bicyclic) bond motifs is 1. The van der Waals surface area contributed by atoms with Gasteiger partial charge in [-0.2, -0.15) is 0 Å². The van der Waals surface area contributed by atoms with Crippen LogP contribution in [-0.4, -0.2) is 47.3 Å². The summed E-state index contributed by atoms with van der Waals surface area (Å²) in [5.74, 6) is -6.35. The van der Waals surface area contributed by atoms with Gasteiger partial charge >= 0.3 is 0 Å². The molecule has 9 nitrogen and oxygen atoms in total. The first-order chi connectivity index (χ1) is 18.5. The van der Waals surface area contributed by atoms with Gasteiger partial charge < -0.3 is 35.7 Å². The summed E-state index contributed by atoms with van der Waals surface area (Å²) < 4.78 is 0. The van der Waals surface area contributed by atoms with Crippen LogP contribution in [0.15, 0.2) is 78.4 Å². The van der Waals surface area contributed by atoms with Crippen molar-refractivity contribution in [2.24, 2.45) is 5.92 Å². The molecule has 4 aromatic rings. The third kappa shape index (κ3) is 4.46. The second-order valence-electron chi connectivity index (χ2n) is 9.21. The van der Waals surface area contributed by atoms with E-state index >= 15 is 0 Å². The number of hydrogen-bond acceptors (Lipinski definition) is 9. The quantitative estimate of drug-likeness (QED) is 0.145. The molecule has 0 aliphatic heterocycles. The Morgan fingerprint density at radius 3 is 1.69 bits per heavy atom. The summed E-state index contributed by atoms with van der Waals surface area (Å²) in [5, 5.41) is 70.8. The van der Waals surface area contributed by atoms with Crippen molar-refractivity contribution in [3.8, 4) is 40.2 Å². The molecule has 0 unspecified atom stereocenters. The number of benzene rings is 4. The van der Waals surface area contributed by atoms with Crippen LogP contribution >= 0.6 is 0 Å². The molecule has 196 valence electrons. The van der Waals surface area contributed by atoms with Crippen molar-refractivity contribution in [2.75, 3.05) is 0 Å². The molecular weight excluding hydrogens is 504 g/mol. The molecule has 0 bridgehead atoms. The minimum Gasteiger partial charge on any atom is -0.508 e. The molecule has 0 radical (unpaired) electrons. The smallest absolute Gasteiger partial charge is 0.193 e. The van der Waals surface area contributed by atoms with Gasteiger partial charge in [0.15, 0.2) is 23.1 Å². The van der Waals surface area contributed by atoms with Crippen molar-refractivity contribution >= 4 is 17.6 Å². The number of carbonyl (C=O) groups excluding carboxylic acids is 2. The van der Waals surface area contributed by atoms with Crippen molar-refractivity contribution in [3.05, 3.63) is 106 Å². The van der Waals surface area contributed by atoms with Crippen LogP contribution < -0.4 is 0 Å². The number of Topliss-reactive ketones (excluding diaryl/α,β-unsaturated/α-hetero) is 2. The fourth-order valence-electron chi connectivity index (χ4n) is 4.94. The van der Waals surface area contributed by atoms with E-state index in [4.69, 9.17) is 0 Å². The number of allylic oxidation sites excluding steroid dienone is 1. The number of ketones is 2. The molecule has 0 fully saturated rings. The molecule has 0 heterocycles. The third-order valence-electron chi connectivity index (χ3n) is 6.76. The van der Waals surface area contributed by atoms with Crippen LogP contribution in [0, 0.1) is 5.92 Å². The van der Waals surface area contributed by atoms with Gasteiger partial charge in [-0.25, -0.2) is 0 Å². The van der Waals surface area contributed by atoms with E-state index in [1.54, 1.807) is 0 Å². The van der Waals surface area contributed by atoms with E-state index in [0.29, 0.717) is 16.7 Å². The highest BCUT2D eigenvalue weighted by Gasteiger charge is 2.42. The van der Waals surface area contributed by atoms with Crippen molar-refractivity contribution in [1.29, 1.82) is 0 Å². The number of hydrogen-bond donors (Lipinski definition) is 7. The number of carbonyl (C=O) groups is 2. The number of aromatic hydroxyl groups is 7. The Kier molecular flexibility index (Phi) is 6.12. The first-order valence-corrected chi connectivity index (χ1v) is 11.7. The Morgan fingerprint density at radius 2 is 1.10 bits per heavy atom. The zero-order valence-corrected chi connectivity index (χ0v) is 20.1. The highest BCUT2D eigenvalue weighted by molar-refractivity contribution is 6.19. The van der Waals surface area contributed by atoms with Crippen molar-refractivity contribution in [3.63, 3.8) is 0 Å². The monoisotopic (exact) mass is 526 g/mol. The minimum atomic E-state index is -1.33. The fraction of sp³-hybridized carbons (Fsp3) is 0.0667. The van der Waals surface area contributed by atoms with Crippen molar-refractivity contribution < 1.29 is 45.3 Å². The lowest BCUT2D eigenvalue weighted by Crippen LogP contribution is -2.32. The van der Waals surface area contributed by atoms with E-state index in [-0.39, 0.29) is 33.9 Å². The van der Waals surface area contributed by atoms with Crippen LogP contribution in [0.4, 0.5) is 0 Å². The van der Waals surface area contributed by atoms with Gasteiger partial charge in [0.05, 0.1) is 17.0 Å². The van der Waals surface area contributed by atoms with Crippen LogP contribution in [-0.2, 0) is 0 Å².